The summed E-state index contributed by atoms with van der Waals surface area (Å²) in [4.78, 5) is 12.1. The molecular weight excluding hydrogens is 357 g/mol. The molecule has 2 aromatic heterocycles. The first-order chi connectivity index (χ1) is 12.0. The Labute approximate surface area is 152 Å². The molecule has 1 aliphatic rings. The molecule has 1 fully saturated rings. The Balaban J connectivity index is 1.78. The number of halogens is 1. The lowest BCUT2D eigenvalue weighted by atomic mass is 10.1. The highest BCUT2D eigenvalue weighted by Gasteiger charge is 2.47. The maximum absolute atomic E-state index is 14.7. The smallest absolute Gasteiger partial charge is 0.192 e. The van der Waals surface area contributed by atoms with Crippen molar-refractivity contribution in [2.45, 2.75) is 63.5 Å². The summed E-state index contributed by atoms with van der Waals surface area (Å²) in [5.74, 6) is 0.209. The van der Waals surface area contributed by atoms with Gasteiger partial charge in [0.25, 0.3) is 0 Å². The van der Waals surface area contributed by atoms with Crippen LogP contribution in [0.1, 0.15) is 27.0 Å². The topological polar surface area (TPSA) is 108 Å². The van der Waals surface area contributed by atoms with Gasteiger partial charge in [-0.05, 0) is 18.1 Å². The molecule has 3 N–H and O–H groups in total. The summed E-state index contributed by atoms with van der Waals surface area (Å²) in [6.45, 7) is 10.7. The molecule has 0 bridgehead atoms. The molecule has 0 aliphatic carbocycles. The van der Waals surface area contributed by atoms with Crippen LogP contribution in [0.5, 0.6) is 0 Å². The van der Waals surface area contributed by atoms with Crippen molar-refractivity contribution in [1.82, 2.24) is 19.5 Å². The standard InChI is InChI=1S/C16H26FN5O3Si/c1-16(2,3)26(4,5)24-6-9-12(23)10(17)15(25-9)22-8-21-11-13(18)19-7-20-14(11)22/h7-10,12,15,23H,6H2,1-5H3,(H2,18,19,20)/t9-,10+,12-,15-/m1/s1. The molecule has 2 aromatic rings. The van der Waals surface area contributed by atoms with E-state index in [0.717, 1.165) is 0 Å². The zero-order valence-corrected chi connectivity index (χ0v) is 16.7. The highest BCUT2D eigenvalue weighted by atomic mass is 28.4. The quantitative estimate of drug-likeness (QED) is 0.778. The summed E-state index contributed by atoms with van der Waals surface area (Å²) in [5, 5.41) is 10.3. The highest BCUT2D eigenvalue weighted by molar-refractivity contribution is 6.74. The van der Waals surface area contributed by atoms with E-state index < -0.39 is 32.9 Å². The van der Waals surface area contributed by atoms with Crippen molar-refractivity contribution in [3.63, 3.8) is 0 Å². The summed E-state index contributed by atoms with van der Waals surface area (Å²) in [6, 6.07) is 0. The fourth-order valence-corrected chi connectivity index (χ4v) is 3.64. The molecule has 0 radical (unpaired) electrons. The van der Waals surface area contributed by atoms with Crippen molar-refractivity contribution in [2.24, 2.45) is 0 Å². The van der Waals surface area contributed by atoms with E-state index in [1.807, 2.05) is 0 Å². The zero-order chi connectivity index (χ0) is 19.3. The molecule has 0 aromatic carbocycles. The minimum absolute atomic E-state index is 0.0140. The van der Waals surface area contributed by atoms with Crippen molar-refractivity contribution in [1.29, 1.82) is 0 Å². The predicted molar refractivity (Wildman–Crippen MR) is 97.7 cm³/mol. The van der Waals surface area contributed by atoms with Gasteiger partial charge in [0, 0.05) is 0 Å². The normalized spacial score (nSPS) is 27.3. The Bertz CT molecular complexity index is 794. The van der Waals surface area contributed by atoms with Crippen LogP contribution in [0.3, 0.4) is 0 Å². The second kappa shape index (κ2) is 6.52. The number of hydrogen-bond acceptors (Lipinski definition) is 7. The predicted octanol–water partition coefficient (Wildman–Crippen LogP) is 2.03. The van der Waals surface area contributed by atoms with Gasteiger partial charge in [0.15, 0.2) is 32.2 Å². The number of imidazole rings is 1. The van der Waals surface area contributed by atoms with E-state index in [1.165, 1.54) is 17.2 Å². The fourth-order valence-electron chi connectivity index (χ4n) is 2.63. The Morgan fingerprint density at radius 3 is 2.69 bits per heavy atom. The highest BCUT2D eigenvalue weighted by Crippen LogP contribution is 2.38. The third-order valence-electron chi connectivity index (χ3n) is 5.37. The van der Waals surface area contributed by atoms with Crippen molar-refractivity contribution < 1.29 is 18.7 Å². The molecule has 0 saturated carbocycles. The van der Waals surface area contributed by atoms with E-state index in [-0.39, 0.29) is 17.5 Å². The van der Waals surface area contributed by atoms with E-state index in [0.29, 0.717) is 11.2 Å². The molecule has 0 amide bonds. The number of nitrogen functional groups attached to an aromatic ring is 1. The molecule has 144 valence electrons. The molecule has 0 unspecified atom stereocenters. The molecule has 3 rings (SSSR count). The van der Waals surface area contributed by atoms with Crippen LogP contribution in [-0.2, 0) is 9.16 Å². The number of nitrogens with zero attached hydrogens (tertiary/aromatic N) is 4. The van der Waals surface area contributed by atoms with E-state index in [2.05, 4.69) is 48.8 Å². The summed E-state index contributed by atoms with van der Waals surface area (Å²) < 4.78 is 28.0. The average molecular weight is 384 g/mol. The van der Waals surface area contributed by atoms with Crippen LogP contribution in [0.15, 0.2) is 12.7 Å². The molecule has 3 heterocycles. The van der Waals surface area contributed by atoms with Gasteiger partial charge >= 0.3 is 0 Å². The number of anilines is 1. The van der Waals surface area contributed by atoms with Crippen LogP contribution in [0.2, 0.25) is 18.1 Å². The molecule has 4 atom stereocenters. The van der Waals surface area contributed by atoms with Crippen molar-refractivity contribution in [3.05, 3.63) is 12.7 Å². The van der Waals surface area contributed by atoms with Gasteiger partial charge in [-0.1, -0.05) is 20.8 Å². The maximum Gasteiger partial charge on any atom is 0.192 e. The molecule has 10 heteroatoms. The molecule has 1 saturated heterocycles. The van der Waals surface area contributed by atoms with E-state index in [1.54, 1.807) is 0 Å². The Hall–Kier alpha value is -1.62. The van der Waals surface area contributed by atoms with E-state index in [4.69, 9.17) is 14.9 Å². The first-order valence-corrected chi connectivity index (χ1v) is 11.5. The number of rotatable bonds is 4. The number of aliphatic hydroxyl groups excluding tert-OH is 1. The van der Waals surface area contributed by atoms with E-state index in [9.17, 15) is 9.50 Å². The van der Waals surface area contributed by atoms with Crippen LogP contribution >= 0.6 is 0 Å². The maximum atomic E-state index is 14.7. The minimum atomic E-state index is -2.03. The van der Waals surface area contributed by atoms with Crippen LogP contribution in [0.4, 0.5) is 10.2 Å². The van der Waals surface area contributed by atoms with Crippen molar-refractivity contribution in [3.8, 4) is 0 Å². The third-order valence-corrected chi connectivity index (χ3v) is 9.87. The summed E-state index contributed by atoms with van der Waals surface area (Å²) >= 11 is 0. The summed E-state index contributed by atoms with van der Waals surface area (Å²) in [5.41, 5.74) is 6.51. The van der Waals surface area contributed by atoms with Crippen molar-refractivity contribution >= 4 is 25.3 Å². The lowest BCUT2D eigenvalue weighted by Gasteiger charge is -2.37. The third kappa shape index (κ3) is 3.22. The largest absolute Gasteiger partial charge is 0.414 e. The number of alkyl halides is 1. The second-order valence-corrected chi connectivity index (χ2v) is 13.0. The van der Waals surface area contributed by atoms with Crippen LogP contribution < -0.4 is 5.73 Å². The second-order valence-electron chi connectivity index (χ2n) is 8.15. The molecule has 26 heavy (non-hydrogen) atoms. The first kappa shape index (κ1) is 19.1. The van der Waals surface area contributed by atoms with Gasteiger partial charge in [-0.25, -0.2) is 19.3 Å². The zero-order valence-electron chi connectivity index (χ0n) is 15.7. The monoisotopic (exact) mass is 383 g/mol. The lowest BCUT2D eigenvalue weighted by molar-refractivity contribution is -0.0434. The van der Waals surface area contributed by atoms with Crippen LogP contribution in [0, 0.1) is 0 Å². The van der Waals surface area contributed by atoms with Crippen LogP contribution in [-0.4, -0.2) is 57.9 Å². The van der Waals surface area contributed by atoms with Gasteiger partial charge in [0.2, 0.25) is 0 Å². The number of ether oxygens (including phenoxy) is 1. The van der Waals surface area contributed by atoms with Gasteiger partial charge in [-0.3, -0.25) is 4.57 Å². The molecule has 1 aliphatic heterocycles. The van der Waals surface area contributed by atoms with Crippen molar-refractivity contribution in [2.75, 3.05) is 12.3 Å². The van der Waals surface area contributed by atoms with Gasteiger partial charge in [0.1, 0.15) is 24.1 Å². The fraction of sp³-hybridized carbons (Fsp3) is 0.688. The molecule has 8 nitrogen and oxygen atoms in total. The van der Waals surface area contributed by atoms with Gasteiger partial charge in [0.05, 0.1) is 12.9 Å². The number of aliphatic hydroxyl groups is 1. The summed E-state index contributed by atoms with van der Waals surface area (Å²) in [7, 11) is -2.03. The van der Waals surface area contributed by atoms with Crippen LogP contribution in [0.25, 0.3) is 11.2 Å². The Kier molecular flexibility index (Phi) is 4.80. The van der Waals surface area contributed by atoms with Gasteiger partial charge in [-0.2, -0.15) is 0 Å². The summed E-state index contributed by atoms with van der Waals surface area (Å²) in [6.07, 6.45) is -2.04. The van der Waals surface area contributed by atoms with Gasteiger partial charge in [-0.15, -0.1) is 0 Å². The minimum Gasteiger partial charge on any atom is -0.414 e. The van der Waals surface area contributed by atoms with Gasteiger partial charge < -0.3 is 20.0 Å². The number of hydrogen-bond donors (Lipinski definition) is 2. The SMILES string of the molecule is CC(C)(C)[Si](C)(C)OC[C@H]1O[C@@H](n2cnc3c(N)ncnc32)[C@@H](F)[C@@H]1O. The number of fused-ring (bicyclic) bond motifs is 1. The Morgan fingerprint density at radius 2 is 2.04 bits per heavy atom. The lowest BCUT2D eigenvalue weighted by Crippen LogP contribution is -2.44. The number of nitrogens with two attached hydrogens (primary N) is 1. The average Bonchev–Trinajstić information content (AvgIpc) is 3.08. The Morgan fingerprint density at radius 1 is 1.35 bits per heavy atom. The van der Waals surface area contributed by atoms with E-state index >= 15 is 0 Å². The number of aromatic nitrogens is 4. The first-order valence-electron chi connectivity index (χ1n) is 8.57. The molecular formula is C16H26FN5O3Si. The molecule has 0 spiro atoms.